The summed E-state index contributed by atoms with van der Waals surface area (Å²) in [7, 11) is 0. The molecule has 2 amide bonds. The van der Waals surface area contributed by atoms with Crippen LogP contribution in [-0.4, -0.2) is 31.4 Å². The van der Waals surface area contributed by atoms with Crippen LogP contribution in [0.5, 0.6) is 0 Å². The van der Waals surface area contributed by atoms with Crippen LogP contribution >= 0.6 is 0 Å². The zero-order chi connectivity index (χ0) is 18.9. The summed E-state index contributed by atoms with van der Waals surface area (Å²) in [5.74, 6) is 0.406. The molecule has 6 heteroatoms. The Morgan fingerprint density at radius 2 is 1.70 bits per heavy atom. The zero-order valence-electron chi connectivity index (χ0n) is 15.6. The SMILES string of the molecule is O=C(C[NH+]1CCCCCCC1)Nc1ccccc1C(=O)NCc1ccco1. The van der Waals surface area contributed by atoms with E-state index in [-0.39, 0.29) is 11.8 Å². The highest BCUT2D eigenvalue weighted by Gasteiger charge is 2.18. The number of quaternary nitrogens is 1. The highest BCUT2D eigenvalue weighted by Crippen LogP contribution is 2.15. The molecule has 0 spiro atoms. The van der Waals surface area contributed by atoms with Gasteiger partial charge in [0.05, 0.1) is 37.1 Å². The molecular formula is C21H28N3O3+. The lowest BCUT2D eigenvalue weighted by Gasteiger charge is -2.21. The number of benzene rings is 1. The summed E-state index contributed by atoms with van der Waals surface area (Å²) in [6.45, 7) is 2.84. The summed E-state index contributed by atoms with van der Waals surface area (Å²) in [5, 5.41) is 5.75. The van der Waals surface area contributed by atoms with Gasteiger partial charge in [-0.2, -0.15) is 0 Å². The third-order valence-electron chi connectivity index (χ3n) is 4.92. The van der Waals surface area contributed by atoms with E-state index in [1.165, 1.54) is 37.0 Å². The molecule has 0 bridgehead atoms. The van der Waals surface area contributed by atoms with E-state index in [1.807, 2.05) is 6.07 Å². The Morgan fingerprint density at radius 1 is 0.963 bits per heavy atom. The zero-order valence-corrected chi connectivity index (χ0v) is 15.6. The van der Waals surface area contributed by atoms with E-state index in [2.05, 4.69) is 10.6 Å². The number of hydrogen-bond acceptors (Lipinski definition) is 3. The number of para-hydroxylation sites is 1. The van der Waals surface area contributed by atoms with Crippen molar-refractivity contribution >= 4 is 17.5 Å². The van der Waals surface area contributed by atoms with Gasteiger partial charge in [0, 0.05) is 0 Å². The summed E-state index contributed by atoms with van der Waals surface area (Å²) >= 11 is 0. The molecule has 1 fully saturated rings. The lowest BCUT2D eigenvalue weighted by atomic mass is 10.1. The number of anilines is 1. The predicted molar refractivity (Wildman–Crippen MR) is 104 cm³/mol. The molecule has 0 aliphatic carbocycles. The van der Waals surface area contributed by atoms with Crippen molar-refractivity contribution in [3.8, 4) is 0 Å². The van der Waals surface area contributed by atoms with E-state index in [9.17, 15) is 9.59 Å². The summed E-state index contributed by atoms with van der Waals surface area (Å²) in [6.07, 6.45) is 7.74. The van der Waals surface area contributed by atoms with Crippen LogP contribution in [0.4, 0.5) is 5.69 Å². The van der Waals surface area contributed by atoms with Crippen molar-refractivity contribution in [3.05, 3.63) is 54.0 Å². The maximum absolute atomic E-state index is 12.5. The first-order chi connectivity index (χ1) is 13.2. The van der Waals surface area contributed by atoms with Gasteiger partial charge in [0.2, 0.25) is 0 Å². The molecule has 144 valence electrons. The third-order valence-corrected chi connectivity index (χ3v) is 4.92. The lowest BCUT2D eigenvalue weighted by Crippen LogP contribution is -3.13. The Morgan fingerprint density at radius 3 is 2.44 bits per heavy atom. The van der Waals surface area contributed by atoms with Gasteiger partial charge in [0.1, 0.15) is 5.76 Å². The summed E-state index contributed by atoms with van der Waals surface area (Å²) in [6, 6.07) is 10.7. The summed E-state index contributed by atoms with van der Waals surface area (Å²) in [5.41, 5.74) is 1.01. The van der Waals surface area contributed by atoms with E-state index >= 15 is 0 Å². The number of carbonyl (C=O) groups excluding carboxylic acids is 2. The van der Waals surface area contributed by atoms with E-state index in [0.29, 0.717) is 30.1 Å². The number of likely N-dealkylation sites (tertiary alicyclic amines) is 1. The number of nitrogens with one attached hydrogen (secondary N) is 3. The highest BCUT2D eigenvalue weighted by atomic mass is 16.3. The molecule has 3 rings (SSSR count). The van der Waals surface area contributed by atoms with E-state index < -0.39 is 0 Å². The van der Waals surface area contributed by atoms with Gasteiger partial charge in [-0.05, 0) is 49.9 Å². The standard InChI is InChI=1S/C21H27N3O3/c25-20(16-24-12-6-2-1-3-7-13-24)23-19-11-5-4-10-18(19)21(26)22-15-17-9-8-14-27-17/h4-5,8-11,14H,1-3,6-7,12-13,15-16H2,(H,22,26)(H,23,25)/p+1. The minimum atomic E-state index is -0.235. The summed E-state index contributed by atoms with van der Waals surface area (Å²) < 4.78 is 5.23. The fourth-order valence-electron chi connectivity index (χ4n) is 3.47. The van der Waals surface area contributed by atoms with Crippen molar-refractivity contribution in [2.45, 2.75) is 38.6 Å². The van der Waals surface area contributed by atoms with Crippen LogP contribution in [0.1, 0.15) is 48.2 Å². The van der Waals surface area contributed by atoms with E-state index in [0.717, 1.165) is 13.1 Å². The molecule has 1 saturated heterocycles. The molecule has 1 aliphatic heterocycles. The second kappa shape index (κ2) is 9.92. The number of carbonyl (C=O) groups is 2. The van der Waals surface area contributed by atoms with Crippen LogP contribution < -0.4 is 15.5 Å². The quantitative estimate of drug-likeness (QED) is 0.728. The van der Waals surface area contributed by atoms with Crippen molar-refractivity contribution in [2.24, 2.45) is 0 Å². The maximum atomic E-state index is 12.5. The Bertz CT molecular complexity index is 735. The molecule has 0 atom stereocenters. The van der Waals surface area contributed by atoms with Crippen LogP contribution in [0.2, 0.25) is 0 Å². The predicted octanol–water partition coefficient (Wildman–Crippen LogP) is 2.00. The molecule has 0 unspecified atom stereocenters. The molecule has 3 N–H and O–H groups in total. The van der Waals surface area contributed by atoms with Crippen molar-refractivity contribution in [1.82, 2.24) is 5.32 Å². The fraction of sp³-hybridized carbons (Fsp3) is 0.429. The van der Waals surface area contributed by atoms with Crippen LogP contribution in [0.3, 0.4) is 0 Å². The minimum Gasteiger partial charge on any atom is -0.467 e. The molecule has 27 heavy (non-hydrogen) atoms. The molecule has 1 aromatic carbocycles. The molecule has 2 heterocycles. The van der Waals surface area contributed by atoms with Crippen LogP contribution in [-0.2, 0) is 11.3 Å². The Hall–Kier alpha value is -2.60. The van der Waals surface area contributed by atoms with Gasteiger partial charge in [-0.25, -0.2) is 0 Å². The van der Waals surface area contributed by atoms with Gasteiger partial charge in [0.25, 0.3) is 11.8 Å². The topological polar surface area (TPSA) is 75.8 Å². The molecule has 6 nitrogen and oxygen atoms in total. The number of amides is 2. The average molecular weight is 370 g/mol. The second-order valence-corrected chi connectivity index (χ2v) is 7.05. The average Bonchev–Trinajstić information content (AvgIpc) is 3.16. The largest absolute Gasteiger partial charge is 0.467 e. The van der Waals surface area contributed by atoms with E-state index in [1.54, 1.807) is 36.6 Å². The maximum Gasteiger partial charge on any atom is 0.279 e. The second-order valence-electron chi connectivity index (χ2n) is 7.05. The minimum absolute atomic E-state index is 0.0446. The van der Waals surface area contributed by atoms with Crippen LogP contribution in [0.15, 0.2) is 47.1 Å². The van der Waals surface area contributed by atoms with Crippen molar-refractivity contribution < 1.29 is 18.9 Å². The van der Waals surface area contributed by atoms with Gasteiger partial charge in [-0.15, -0.1) is 0 Å². The van der Waals surface area contributed by atoms with Gasteiger partial charge >= 0.3 is 0 Å². The van der Waals surface area contributed by atoms with Crippen LogP contribution in [0, 0.1) is 0 Å². The first-order valence-electron chi connectivity index (χ1n) is 9.75. The Kier molecular flexibility index (Phi) is 7.04. The lowest BCUT2D eigenvalue weighted by molar-refractivity contribution is -0.892. The molecule has 0 saturated carbocycles. The van der Waals surface area contributed by atoms with Crippen molar-refractivity contribution in [3.63, 3.8) is 0 Å². The third kappa shape index (κ3) is 5.96. The monoisotopic (exact) mass is 370 g/mol. The smallest absolute Gasteiger partial charge is 0.279 e. The van der Waals surface area contributed by atoms with Crippen LogP contribution in [0.25, 0.3) is 0 Å². The van der Waals surface area contributed by atoms with Gasteiger partial charge in [-0.1, -0.05) is 18.6 Å². The normalized spacial score (nSPS) is 15.6. The first kappa shape index (κ1) is 19.2. The first-order valence-corrected chi connectivity index (χ1v) is 9.75. The fourth-order valence-corrected chi connectivity index (χ4v) is 3.47. The molecule has 1 aliphatic rings. The number of furan rings is 1. The van der Waals surface area contributed by atoms with Gasteiger partial charge in [-0.3, -0.25) is 9.59 Å². The highest BCUT2D eigenvalue weighted by molar-refractivity contribution is 6.03. The van der Waals surface area contributed by atoms with Gasteiger partial charge in [0.15, 0.2) is 6.54 Å². The van der Waals surface area contributed by atoms with Gasteiger partial charge < -0.3 is 20.0 Å². The van der Waals surface area contributed by atoms with Crippen molar-refractivity contribution in [1.29, 1.82) is 0 Å². The summed E-state index contributed by atoms with van der Waals surface area (Å²) in [4.78, 5) is 26.4. The molecule has 2 aromatic rings. The van der Waals surface area contributed by atoms with Crippen molar-refractivity contribution in [2.75, 3.05) is 25.0 Å². The Labute approximate surface area is 159 Å². The Balaban J connectivity index is 1.57. The number of hydrogen-bond donors (Lipinski definition) is 3. The molecule has 1 aromatic heterocycles. The van der Waals surface area contributed by atoms with E-state index in [4.69, 9.17) is 4.42 Å². The number of rotatable bonds is 6. The molecule has 0 radical (unpaired) electrons. The molecular weight excluding hydrogens is 342 g/mol.